The molecule has 0 aliphatic carbocycles. The number of methoxy groups -OCH3 is 1. The van der Waals surface area contributed by atoms with Gasteiger partial charge in [0.15, 0.2) is 0 Å². The Kier molecular flexibility index (Phi) is 5.40. The van der Waals surface area contributed by atoms with E-state index in [9.17, 15) is 8.42 Å². The minimum Gasteiger partial charge on any atom is -0.495 e. The van der Waals surface area contributed by atoms with E-state index in [-0.39, 0.29) is 11.4 Å². The summed E-state index contributed by atoms with van der Waals surface area (Å²) in [6, 6.07) is 4.93. The summed E-state index contributed by atoms with van der Waals surface area (Å²) in [5, 5.41) is 0. The Balaban J connectivity index is 3.48. The molecule has 0 saturated heterocycles. The number of halogens is 1. The number of nitrogens with zero attached hydrogens (tertiary/aromatic N) is 1. The number of ether oxygens (including phenoxy) is 1. The van der Waals surface area contributed by atoms with Gasteiger partial charge in [-0.25, -0.2) is 8.42 Å². The number of benzene rings is 1. The molecule has 0 saturated carbocycles. The van der Waals surface area contributed by atoms with E-state index < -0.39 is 15.6 Å². The van der Waals surface area contributed by atoms with Gasteiger partial charge in [0.1, 0.15) is 10.6 Å². The third-order valence-electron chi connectivity index (χ3n) is 2.74. The first kappa shape index (κ1) is 17.2. The second kappa shape index (κ2) is 6.28. The first-order chi connectivity index (χ1) is 9.14. The lowest BCUT2D eigenvalue weighted by Gasteiger charge is -2.34. The molecule has 1 rings (SSSR count). The van der Waals surface area contributed by atoms with Crippen LogP contribution in [0.3, 0.4) is 0 Å². The van der Waals surface area contributed by atoms with Crippen LogP contribution < -0.4 is 4.74 Å². The first-order valence-electron chi connectivity index (χ1n) is 6.12. The smallest absolute Gasteiger partial charge is 0.247 e. The molecule has 0 aromatic heterocycles. The van der Waals surface area contributed by atoms with Crippen LogP contribution in [0.5, 0.6) is 5.75 Å². The molecule has 0 aliphatic rings. The standard InChI is InChI=1S/C14H20BrNO3S/c1-6-9-16(14(2,3)4)20(17,18)13-10-11(15)7-8-12(13)19-5/h6-8,10H,1,9H2,2-5H3. The Bertz CT molecular complexity index is 591. The Labute approximate surface area is 129 Å². The van der Waals surface area contributed by atoms with Crippen LogP contribution >= 0.6 is 15.9 Å². The SMILES string of the molecule is C=CCN(C(C)(C)C)S(=O)(=O)c1cc(Br)ccc1OC. The predicted molar refractivity (Wildman–Crippen MR) is 84.5 cm³/mol. The average molecular weight is 362 g/mol. The second-order valence-corrected chi connectivity index (χ2v) is 8.04. The average Bonchev–Trinajstić information content (AvgIpc) is 2.34. The van der Waals surface area contributed by atoms with Gasteiger partial charge in [0.05, 0.1) is 7.11 Å². The fourth-order valence-electron chi connectivity index (χ4n) is 1.82. The molecule has 0 fully saturated rings. The Morgan fingerprint density at radius 3 is 2.45 bits per heavy atom. The summed E-state index contributed by atoms with van der Waals surface area (Å²) in [7, 11) is -2.22. The lowest BCUT2D eigenvalue weighted by molar-refractivity contribution is 0.268. The molecule has 20 heavy (non-hydrogen) atoms. The lowest BCUT2D eigenvalue weighted by atomic mass is 10.1. The fourth-order valence-corrected chi connectivity index (χ4v) is 4.27. The third-order valence-corrected chi connectivity index (χ3v) is 5.38. The molecule has 0 aliphatic heterocycles. The molecule has 0 spiro atoms. The largest absolute Gasteiger partial charge is 0.495 e. The highest BCUT2D eigenvalue weighted by atomic mass is 79.9. The highest BCUT2D eigenvalue weighted by Crippen LogP contribution is 2.32. The molecule has 1 aromatic rings. The van der Waals surface area contributed by atoms with E-state index in [1.54, 1.807) is 24.3 Å². The number of sulfonamides is 1. The van der Waals surface area contributed by atoms with Crippen LogP contribution in [0.1, 0.15) is 20.8 Å². The maximum Gasteiger partial charge on any atom is 0.247 e. The maximum absolute atomic E-state index is 12.9. The zero-order valence-corrected chi connectivity index (χ0v) is 14.6. The normalized spacial score (nSPS) is 12.5. The molecule has 112 valence electrons. The van der Waals surface area contributed by atoms with Crippen molar-refractivity contribution in [3.8, 4) is 5.75 Å². The summed E-state index contributed by atoms with van der Waals surface area (Å²) in [4.78, 5) is 0.145. The summed E-state index contributed by atoms with van der Waals surface area (Å²) in [5.41, 5.74) is -0.555. The number of hydrogen-bond acceptors (Lipinski definition) is 3. The minimum absolute atomic E-state index is 0.145. The molecule has 0 amide bonds. The zero-order chi connectivity index (χ0) is 15.6. The summed E-state index contributed by atoms with van der Waals surface area (Å²) >= 11 is 3.30. The highest BCUT2D eigenvalue weighted by Gasteiger charge is 2.35. The number of hydrogen-bond donors (Lipinski definition) is 0. The van der Waals surface area contributed by atoms with Gasteiger partial charge in [0, 0.05) is 16.6 Å². The van der Waals surface area contributed by atoms with E-state index in [1.165, 1.54) is 11.4 Å². The van der Waals surface area contributed by atoms with Gasteiger partial charge in [0.25, 0.3) is 0 Å². The summed E-state index contributed by atoms with van der Waals surface area (Å²) < 4.78 is 33.0. The van der Waals surface area contributed by atoms with Gasteiger partial charge >= 0.3 is 0 Å². The lowest BCUT2D eigenvalue weighted by Crippen LogP contribution is -2.45. The van der Waals surface area contributed by atoms with Crippen molar-refractivity contribution in [3.05, 3.63) is 35.3 Å². The second-order valence-electron chi connectivity index (χ2n) is 5.29. The van der Waals surface area contributed by atoms with Crippen LogP contribution in [0.2, 0.25) is 0 Å². The molecule has 0 unspecified atom stereocenters. The molecular weight excluding hydrogens is 342 g/mol. The number of rotatable bonds is 5. The van der Waals surface area contributed by atoms with E-state index in [0.29, 0.717) is 10.2 Å². The van der Waals surface area contributed by atoms with E-state index in [0.717, 1.165) is 0 Å². The van der Waals surface area contributed by atoms with E-state index in [2.05, 4.69) is 22.5 Å². The molecule has 0 atom stereocenters. The van der Waals surface area contributed by atoms with Gasteiger partial charge in [-0.2, -0.15) is 4.31 Å². The molecule has 4 nitrogen and oxygen atoms in total. The topological polar surface area (TPSA) is 46.6 Å². The van der Waals surface area contributed by atoms with Crippen LogP contribution in [0, 0.1) is 0 Å². The van der Waals surface area contributed by atoms with Crippen molar-refractivity contribution in [3.63, 3.8) is 0 Å². The first-order valence-corrected chi connectivity index (χ1v) is 8.35. The van der Waals surface area contributed by atoms with Gasteiger partial charge in [0.2, 0.25) is 10.0 Å². The maximum atomic E-state index is 12.9. The van der Waals surface area contributed by atoms with Crippen LogP contribution in [-0.4, -0.2) is 31.9 Å². The van der Waals surface area contributed by atoms with Crippen LogP contribution in [0.15, 0.2) is 40.2 Å². The molecule has 6 heteroatoms. The Morgan fingerprint density at radius 1 is 1.40 bits per heavy atom. The van der Waals surface area contributed by atoms with Crippen molar-refractivity contribution in [2.75, 3.05) is 13.7 Å². The highest BCUT2D eigenvalue weighted by molar-refractivity contribution is 9.10. The molecular formula is C14H20BrNO3S. The van der Waals surface area contributed by atoms with Crippen molar-refractivity contribution in [1.82, 2.24) is 4.31 Å². The van der Waals surface area contributed by atoms with Gasteiger partial charge in [-0.05, 0) is 39.0 Å². The third kappa shape index (κ3) is 3.62. The summed E-state index contributed by atoms with van der Waals surface area (Å²) in [6.07, 6.45) is 1.58. The van der Waals surface area contributed by atoms with Crippen LogP contribution in [0.4, 0.5) is 0 Å². The predicted octanol–water partition coefficient (Wildman–Crippen LogP) is 3.43. The zero-order valence-electron chi connectivity index (χ0n) is 12.2. The Morgan fingerprint density at radius 2 is 2.00 bits per heavy atom. The van der Waals surface area contributed by atoms with Crippen molar-refractivity contribution in [2.45, 2.75) is 31.2 Å². The van der Waals surface area contributed by atoms with E-state index in [1.807, 2.05) is 20.8 Å². The molecule has 0 heterocycles. The van der Waals surface area contributed by atoms with Crippen molar-refractivity contribution >= 4 is 26.0 Å². The monoisotopic (exact) mass is 361 g/mol. The quantitative estimate of drug-likeness (QED) is 0.754. The van der Waals surface area contributed by atoms with E-state index in [4.69, 9.17) is 4.74 Å². The van der Waals surface area contributed by atoms with Crippen LogP contribution in [-0.2, 0) is 10.0 Å². The molecule has 1 aromatic carbocycles. The van der Waals surface area contributed by atoms with Crippen molar-refractivity contribution in [1.29, 1.82) is 0 Å². The Hall–Kier alpha value is -0.850. The van der Waals surface area contributed by atoms with Gasteiger partial charge in [-0.1, -0.05) is 22.0 Å². The summed E-state index contributed by atoms with van der Waals surface area (Å²) in [6.45, 7) is 9.41. The van der Waals surface area contributed by atoms with Crippen LogP contribution in [0.25, 0.3) is 0 Å². The van der Waals surface area contributed by atoms with Crippen molar-refractivity contribution in [2.24, 2.45) is 0 Å². The summed E-state index contributed by atoms with van der Waals surface area (Å²) in [5.74, 6) is 0.325. The molecule has 0 N–H and O–H groups in total. The van der Waals surface area contributed by atoms with Crippen molar-refractivity contribution < 1.29 is 13.2 Å². The van der Waals surface area contributed by atoms with Gasteiger partial charge < -0.3 is 4.74 Å². The van der Waals surface area contributed by atoms with Gasteiger partial charge in [-0.3, -0.25) is 0 Å². The minimum atomic E-state index is -3.68. The molecule has 0 bridgehead atoms. The van der Waals surface area contributed by atoms with E-state index >= 15 is 0 Å². The molecule has 0 radical (unpaired) electrons. The fraction of sp³-hybridized carbons (Fsp3) is 0.429. The van der Waals surface area contributed by atoms with Gasteiger partial charge in [-0.15, -0.1) is 6.58 Å².